The summed E-state index contributed by atoms with van der Waals surface area (Å²) in [6.07, 6.45) is 1.87. The van der Waals surface area contributed by atoms with Crippen molar-refractivity contribution in [3.8, 4) is 0 Å². The molecule has 17 heavy (non-hydrogen) atoms. The van der Waals surface area contributed by atoms with Crippen LogP contribution in [0.4, 0.5) is 5.69 Å². The van der Waals surface area contributed by atoms with E-state index in [2.05, 4.69) is 0 Å². The van der Waals surface area contributed by atoms with Crippen LogP contribution in [0.2, 0.25) is 0 Å². The molecule has 0 amide bonds. The number of nitrogens with two attached hydrogens (primary N) is 1. The molecule has 0 saturated heterocycles. The van der Waals surface area contributed by atoms with E-state index >= 15 is 0 Å². The SMILES string of the molecule is Cc1cccc([N+](=O)[O-])c1C(C)(C)C1(N)CC1. The maximum absolute atomic E-state index is 11.1. The van der Waals surface area contributed by atoms with Crippen LogP contribution in [-0.2, 0) is 5.41 Å². The number of nitrogens with zero attached hydrogens (tertiary/aromatic N) is 1. The Kier molecular flexibility index (Phi) is 2.51. The van der Waals surface area contributed by atoms with E-state index in [9.17, 15) is 10.1 Å². The molecule has 1 saturated carbocycles. The number of benzene rings is 1. The van der Waals surface area contributed by atoms with E-state index in [1.54, 1.807) is 12.1 Å². The summed E-state index contributed by atoms with van der Waals surface area (Å²) in [5.41, 5.74) is 7.54. The normalized spacial score (nSPS) is 17.9. The van der Waals surface area contributed by atoms with Crippen LogP contribution in [0, 0.1) is 17.0 Å². The number of aryl methyl sites for hydroxylation is 1. The highest BCUT2D eigenvalue weighted by molar-refractivity contribution is 5.52. The Labute approximate surface area is 101 Å². The highest BCUT2D eigenvalue weighted by Crippen LogP contribution is 2.51. The fourth-order valence-corrected chi connectivity index (χ4v) is 2.63. The van der Waals surface area contributed by atoms with Crippen LogP contribution < -0.4 is 5.73 Å². The minimum Gasteiger partial charge on any atom is -0.324 e. The van der Waals surface area contributed by atoms with Crippen molar-refractivity contribution >= 4 is 5.69 Å². The highest BCUT2D eigenvalue weighted by Gasteiger charge is 2.54. The molecule has 0 heterocycles. The Morgan fingerprint density at radius 3 is 2.47 bits per heavy atom. The summed E-state index contributed by atoms with van der Waals surface area (Å²) in [4.78, 5) is 10.8. The van der Waals surface area contributed by atoms with E-state index in [4.69, 9.17) is 5.73 Å². The lowest BCUT2D eigenvalue weighted by atomic mass is 9.73. The second-order valence-corrected chi connectivity index (χ2v) is 5.51. The average Bonchev–Trinajstić information content (AvgIpc) is 2.97. The monoisotopic (exact) mass is 234 g/mol. The predicted octanol–water partition coefficient (Wildman–Crippen LogP) is 2.67. The van der Waals surface area contributed by atoms with Crippen LogP contribution in [0.25, 0.3) is 0 Å². The Morgan fingerprint density at radius 2 is 2.00 bits per heavy atom. The van der Waals surface area contributed by atoms with Gasteiger partial charge in [-0.2, -0.15) is 0 Å². The first-order valence-electron chi connectivity index (χ1n) is 5.83. The zero-order valence-corrected chi connectivity index (χ0v) is 10.5. The number of nitro groups is 1. The number of rotatable bonds is 3. The van der Waals surface area contributed by atoms with Crippen molar-refractivity contribution in [3.05, 3.63) is 39.4 Å². The molecule has 0 radical (unpaired) electrons. The van der Waals surface area contributed by atoms with Crippen LogP contribution in [0.5, 0.6) is 0 Å². The summed E-state index contributed by atoms with van der Waals surface area (Å²) in [7, 11) is 0. The zero-order chi connectivity index (χ0) is 12.8. The molecule has 1 aliphatic rings. The molecule has 2 rings (SSSR count). The van der Waals surface area contributed by atoms with Gasteiger partial charge < -0.3 is 5.73 Å². The van der Waals surface area contributed by atoms with Gasteiger partial charge >= 0.3 is 0 Å². The first kappa shape index (κ1) is 12.0. The van der Waals surface area contributed by atoms with Crippen molar-refractivity contribution in [2.45, 2.75) is 44.6 Å². The Balaban J connectivity index is 2.62. The van der Waals surface area contributed by atoms with Gasteiger partial charge in [0.15, 0.2) is 0 Å². The lowest BCUT2D eigenvalue weighted by Crippen LogP contribution is -2.44. The Hall–Kier alpha value is -1.42. The summed E-state index contributed by atoms with van der Waals surface area (Å²) < 4.78 is 0. The molecule has 1 aromatic carbocycles. The van der Waals surface area contributed by atoms with Crippen LogP contribution in [0.3, 0.4) is 0 Å². The van der Waals surface area contributed by atoms with Crippen molar-refractivity contribution in [2.75, 3.05) is 0 Å². The second-order valence-electron chi connectivity index (χ2n) is 5.51. The minimum atomic E-state index is -0.360. The summed E-state index contributed by atoms with van der Waals surface area (Å²) in [6, 6.07) is 5.20. The van der Waals surface area contributed by atoms with Gasteiger partial charge in [-0.3, -0.25) is 10.1 Å². The van der Waals surface area contributed by atoms with Crippen LogP contribution in [0.1, 0.15) is 37.8 Å². The lowest BCUT2D eigenvalue weighted by molar-refractivity contribution is -0.386. The summed E-state index contributed by atoms with van der Waals surface area (Å²) in [5.74, 6) is 0. The van der Waals surface area contributed by atoms with Gasteiger partial charge in [0, 0.05) is 22.6 Å². The fraction of sp³-hybridized carbons (Fsp3) is 0.538. The van der Waals surface area contributed by atoms with E-state index in [0.717, 1.165) is 24.0 Å². The van der Waals surface area contributed by atoms with Gasteiger partial charge in [0.25, 0.3) is 5.69 Å². The molecule has 1 aliphatic carbocycles. The van der Waals surface area contributed by atoms with Gasteiger partial charge in [0.05, 0.1) is 4.92 Å². The zero-order valence-electron chi connectivity index (χ0n) is 10.5. The number of hydrogen-bond donors (Lipinski definition) is 1. The predicted molar refractivity (Wildman–Crippen MR) is 67.0 cm³/mol. The van der Waals surface area contributed by atoms with Crippen LogP contribution in [-0.4, -0.2) is 10.5 Å². The Bertz CT molecular complexity index is 476. The van der Waals surface area contributed by atoms with E-state index in [1.165, 1.54) is 0 Å². The van der Waals surface area contributed by atoms with Gasteiger partial charge in [-0.25, -0.2) is 0 Å². The second kappa shape index (κ2) is 3.53. The smallest absolute Gasteiger partial charge is 0.273 e. The number of hydrogen-bond acceptors (Lipinski definition) is 3. The molecule has 4 nitrogen and oxygen atoms in total. The Morgan fingerprint density at radius 1 is 1.41 bits per heavy atom. The quantitative estimate of drug-likeness (QED) is 0.645. The molecule has 2 N–H and O–H groups in total. The number of nitro benzene ring substituents is 1. The summed E-state index contributed by atoms with van der Waals surface area (Å²) in [5, 5.41) is 11.1. The van der Waals surface area contributed by atoms with Crippen molar-refractivity contribution < 1.29 is 4.92 Å². The van der Waals surface area contributed by atoms with Gasteiger partial charge in [0.1, 0.15) is 0 Å². The molecular weight excluding hydrogens is 216 g/mol. The molecule has 0 aliphatic heterocycles. The van der Waals surface area contributed by atoms with Crippen molar-refractivity contribution in [1.82, 2.24) is 0 Å². The van der Waals surface area contributed by atoms with Crippen LogP contribution in [0.15, 0.2) is 18.2 Å². The maximum Gasteiger partial charge on any atom is 0.273 e. The molecule has 4 heteroatoms. The third-order valence-corrected chi connectivity index (χ3v) is 4.11. The highest BCUT2D eigenvalue weighted by atomic mass is 16.6. The van der Waals surface area contributed by atoms with Crippen LogP contribution >= 0.6 is 0 Å². The molecular formula is C13H18N2O2. The topological polar surface area (TPSA) is 69.2 Å². The van der Waals surface area contributed by atoms with Crippen molar-refractivity contribution in [2.24, 2.45) is 5.73 Å². The minimum absolute atomic E-state index is 0.187. The third kappa shape index (κ3) is 1.72. The lowest BCUT2D eigenvalue weighted by Gasteiger charge is -2.33. The van der Waals surface area contributed by atoms with E-state index in [1.807, 2.05) is 26.8 Å². The molecule has 0 aromatic heterocycles. The fourth-order valence-electron chi connectivity index (χ4n) is 2.63. The molecule has 0 unspecified atom stereocenters. The van der Waals surface area contributed by atoms with Gasteiger partial charge in [-0.05, 0) is 25.3 Å². The molecule has 0 spiro atoms. The molecule has 0 bridgehead atoms. The van der Waals surface area contributed by atoms with Gasteiger partial charge in [-0.1, -0.05) is 26.0 Å². The van der Waals surface area contributed by atoms with Crippen molar-refractivity contribution in [1.29, 1.82) is 0 Å². The van der Waals surface area contributed by atoms with E-state index in [0.29, 0.717) is 0 Å². The van der Waals surface area contributed by atoms with E-state index in [-0.39, 0.29) is 21.6 Å². The molecule has 1 aromatic rings. The first-order chi connectivity index (χ1) is 7.79. The molecule has 0 atom stereocenters. The standard InChI is InChI=1S/C13H18N2O2/c1-9-5-4-6-10(15(16)17)11(9)12(2,3)13(14)7-8-13/h4-6H,7-8,14H2,1-3H3. The first-order valence-corrected chi connectivity index (χ1v) is 5.83. The third-order valence-electron chi connectivity index (χ3n) is 4.11. The average molecular weight is 234 g/mol. The summed E-state index contributed by atoms with van der Waals surface area (Å²) in [6.45, 7) is 5.93. The van der Waals surface area contributed by atoms with Crippen molar-refractivity contribution in [3.63, 3.8) is 0 Å². The molecule has 92 valence electrons. The summed E-state index contributed by atoms with van der Waals surface area (Å²) >= 11 is 0. The van der Waals surface area contributed by atoms with Gasteiger partial charge in [-0.15, -0.1) is 0 Å². The molecule has 1 fully saturated rings. The largest absolute Gasteiger partial charge is 0.324 e. The van der Waals surface area contributed by atoms with Gasteiger partial charge in [0.2, 0.25) is 0 Å². The maximum atomic E-state index is 11.1. The van der Waals surface area contributed by atoms with E-state index < -0.39 is 0 Å².